The van der Waals surface area contributed by atoms with Crippen LogP contribution in [-0.4, -0.2) is 28.7 Å². The Morgan fingerprint density at radius 1 is 1.54 bits per heavy atom. The van der Waals surface area contributed by atoms with Gasteiger partial charge in [0.1, 0.15) is 6.08 Å². The summed E-state index contributed by atoms with van der Waals surface area (Å²) in [6.07, 6.45) is 8.05. The fourth-order valence-corrected chi connectivity index (χ4v) is 1.34. The van der Waals surface area contributed by atoms with Crippen LogP contribution in [0.5, 0.6) is 0 Å². The van der Waals surface area contributed by atoms with Crippen molar-refractivity contribution in [3.63, 3.8) is 0 Å². The lowest BCUT2D eigenvalue weighted by Crippen LogP contribution is -2.23. The number of aliphatic hydroxyl groups excluding tert-OH is 2. The van der Waals surface area contributed by atoms with Crippen LogP contribution in [0.1, 0.15) is 0 Å². The van der Waals surface area contributed by atoms with E-state index in [1.807, 2.05) is 12.5 Å². The van der Waals surface area contributed by atoms with Crippen molar-refractivity contribution in [2.75, 3.05) is 6.61 Å². The van der Waals surface area contributed by atoms with E-state index in [0.29, 0.717) is 11.5 Å². The highest BCUT2D eigenvalue weighted by atomic mass is 16.4. The van der Waals surface area contributed by atoms with E-state index < -0.39 is 6.10 Å². The standard InChI is InChI=1S/C10H10O3/c11-6-7-5-9(12)8-3-1-2-4-10(8)13-7/h1-5,9,11-12H,6H2/q+2. The van der Waals surface area contributed by atoms with Crippen molar-refractivity contribution in [2.24, 2.45) is 0 Å². The van der Waals surface area contributed by atoms with Crippen molar-refractivity contribution in [1.29, 1.82) is 0 Å². The monoisotopic (exact) mass is 178 g/mol. The average molecular weight is 178 g/mol. The number of hydrogen-bond donors (Lipinski definition) is 2. The molecule has 0 fully saturated rings. The van der Waals surface area contributed by atoms with Gasteiger partial charge in [0, 0.05) is 6.42 Å². The molecule has 0 aromatic carbocycles. The van der Waals surface area contributed by atoms with E-state index in [9.17, 15) is 5.11 Å². The SMILES string of the molecule is OCC1=CC(O)C2=C[CH+]C=CC2=[O+]1. The maximum atomic E-state index is 9.60. The number of rotatable bonds is 1. The molecule has 3 heteroatoms. The van der Waals surface area contributed by atoms with E-state index in [1.165, 1.54) is 6.08 Å². The van der Waals surface area contributed by atoms with Crippen LogP contribution in [0.3, 0.4) is 0 Å². The highest BCUT2D eigenvalue weighted by Crippen LogP contribution is 2.18. The van der Waals surface area contributed by atoms with Crippen LogP contribution in [0.25, 0.3) is 0 Å². The summed E-state index contributed by atoms with van der Waals surface area (Å²) in [4.78, 5) is 0. The molecule has 1 aliphatic carbocycles. The Morgan fingerprint density at radius 3 is 3.15 bits per heavy atom. The van der Waals surface area contributed by atoms with Crippen molar-refractivity contribution in [1.82, 2.24) is 0 Å². The third-order valence-electron chi connectivity index (χ3n) is 1.98. The van der Waals surface area contributed by atoms with Gasteiger partial charge in [-0.3, -0.25) is 0 Å². The molecule has 2 N–H and O–H groups in total. The first kappa shape index (κ1) is 8.29. The molecule has 0 saturated heterocycles. The lowest BCUT2D eigenvalue weighted by atomic mass is 9.97. The highest BCUT2D eigenvalue weighted by Gasteiger charge is 2.38. The number of ketones is 1. The molecule has 1 atom stereocenters. The van der Waals surface area contributed by atoms with E-state index in [1.54, 1.807) is 12.2 Å². The third-order valence-corrected chi connectivity index (χ3v) is 1.98. The number of fused-ring (bicyclic) bond motifs is 1. The maximum absolute atomic E-state index is 9.60. The van der Waals surface area contributed by atoms with Gasteiger partial charge in [0.25, 0.3) is 0 Å². The number of carbonyl (C=O) groups excluding carboxylic acids is 1. The summed E-state index contributed by atoms with van der Waals surface area (Å²) < 4.78 is 5.30. The van der Waals surface area contributed by atoms with E-state index in [2.05, 4.69) is 0 Å². The second kappa shape index (κ2) is 3.20. The van der Waals surface area contributed by atoms with Crippen LogP contribution in [0.2, 0.25) is 0 Å². The average Bonchev–Trinajstić information content (AvgIpc) is 2.18. The lowest BCUT2D eigenvalue weighted by molar-refractivity contribution is -0.404. The predicted octanol–water partition coefficient (Wildman–Crippen LogP) is 0.0424. The molecule has 2 aliphatic rings. The van der Waals surface area contributed by atoms with Crippen LogP contribution in [0, 0.1) is 6.42 Å². The summed E-state index contributed by atoms with van der Waals surface area (Å²) in [5, 5.41) is 18.4. The topological polar surface area (TPSA) is 51.8 Å². The minimum atomic E-state index is -0.674. The summed E-state index contributed by atoms with van der Waals surface area (Å²) in [5.41, 5.74) is 0.736. The molecular formula is C10H10O3+2. The van der Waals surface area contributed by atoms with Crippen molar-refractivity contribution in [3.05, 3.63) is 42.1 Å². The molecule has 13 heavy (non-hydrogen) atoms. The minimum Gasteiger partial charge on any atom is -0.382 e. The van der Waals surface area contributed by atoms with Gasteiger partial charge in [-0.2, -0.15) is 4.42 Å². The largest absolute Gasteiger partial charge is 0.463 e. The van der Waals surface area contributed by atoms with Crippen LogP contribution in [0.15, 0.2) is 35.6 Å². The van der Waals surface area contributed by atoms with Gasteiger partial charge in [-0.05, 0) is 0 Å². The molecule has 0 aromatic heterocycles. The van der Waals surface area contributed by atoms with E-state index in [-0.39, 0.29) is 6.61 Å². The predicted molar refractivity (Wildman–Crippen MR) is 47.7 cm³/mol. The Bertz CT molecular complexity index is 334. The zero-order valence-electron chi connectivity index (χ0n) is 6.97. The zero-order chi connectivity index (χ0) is 9.26. The Labute approximate surface area is 76.0 Å². The van der Waals surface area contributed by atoms with Crippen molar-refractivity contribution < 1.29 is 14.6 Å². The van der Waals surface area contributed by atoms with Gasteiger partial charge in [0.15, 0.2) is 18.3 Å². The summed E-state index contributed by atoms with van der Waals surface area (Å²) in [5.74, 6) is 1.01. The van der Waals surface area contributed by atoms with Gasteiger partial charge in [0.05, 0.1) is 18.2 Å². The first-order valence-electron chi connectivity index (χ1n) is 4.07. The smallest absolute Gasteiger partial charge is 0.382 e. The van der Waals surface area contributed by atoms with Crippen molar-refractivity contribution >= 4 is 5.78 Å². The molecule has 0 bridgehead atoms. The Balaban J connectivity index is 2.37. The van der Waals surface area contributed by atoms with Gasteiger partial charge < -0.3 is 10.2 Å². The lowest BCUT2D eigenvalue weighted by Gasteiger charge is -2.04. The molecule has 1 aliphatic heterocycles. The molecule has 0 aromatic rings. The normalized spacial score (nSPS) is 25.4. The fourth-order valence-electron chi connectivity index (χ4n) is 1.34. The minimum absolute atomic E-state index is 0.189. The molecule has 66 valence electrons. The molecule has 3 nitrogen and oxygen atoms in total. The molecule has 2 rings (SSSR count). The maximum Gasteiger partial charge on any atom is 0.463 e. The van der Waals surface area contributed by atoms with E-state index in [4.69, 9.17) is 9.53 Å². The number of allylic oxidation sites excluding steroid dienone is 3. The molecular weight excluding hydrogens is 168 g/mol. The van der Waals surface area contributed by atoms with Crippen LogP contribution in [0.4, 0.5) is 0 Å². The van der Waals surface area contributed by atoms with Crippen LogP contribution in [-0.2, 0) is 4.42 Å². The molecule has 0 radical (unpaired) electrons. The first-order chi connectivity index (χ1) is 6.31. The molecule has 0 spiro atoms. The van der Waals surface area contributed by atoms with Crippen LogP contribution >= 0.6 is 0 Å². The molecule has 1 heterocycles. The van der Waals surface area contributed by atoms with Gasteiger partial charge >= 0.3 is 11.5 Å². The fraction of sp³-hybridized carbons (Fsp3) is 0.200. The third kappa shape index (κ3) is 1.43. The zero-order valence-corrected chi connectivity index (χ0v) is 6.97. The number of hydrogen-bond acceptors (Lipinski definition) is 2. The molecule has 0 amide bonds. The van der Waals surface area contributed by atoms with Gasteiger partial charge in [-0.15, -0.1) is 0 Å². The second-order valence-electron chi connectivity index (χ2n) is 2.88. The van der Waals surface area contributed by atoms with Crippen LogP contribution < -0.4 is 0 Å². The van der Waals surface area contributed by atoms with Gasteiger partial charge in [0.2, 0.25) is 0 Å². The van der Waals surface area contributed by atoms with Gasteiger partial charge in [-0.1, -0.05) is 0 Å². The highest BCUT2D eigenvalue weighted by molar-refractivity contribution is 6.07. The van der Waals surface area contributed by atoms with E-state index >= 15 is 0 Å². The van der Waals surface area contributed by atoms with Crippen molar-refractivity contribution in [3.8, 4) is 0 Å². The second-order valence-corrected chi connectivity index (χ2v) is 2.88. The first-order valence-corrected chi connectivity index (χ1v) is 4.07. The van der Waals surface area contributed by atoms with E-state index in [0.717, 1.165) is 5.57 Å². The summed E-state index contributed by atoms with van der Waals surface area (Å²) in [6.45, 7) is -0.189. The molecule has 0 saturated carbocycles. The Hall–Kier alpha value is -1.32. The van der Waals surface area contributed by atoms with Crippen molar-refractivity contribution in [2.45, 2.75) is 6.10 Å². The quantitative estimate of drug-likeness (QED) is 0.440. The van der Waals surface area contributed by atoms with Gasteiger partial charge in [-0.25, -0.2) is 0 Å². The number of aliphatic hydroxyl groups is 2. The summed E-state index contributed by atoms with van der Waals surface area (Å²) >= 11 is 0. The summed E-state index contributed by atoms with van der Waals surface area (Å²) in [6, 6.07) is 0. The Morgan fingerprint density at radius 2 is 2.38 bits per heavy atom. The Kier molecular flexibility index (Phi) is 2.04. The molecule has 1 unspecified atom stereocenters. The summed E-state index contributed by atoms with van der Waals surface area (Å²) in [7, 11) is 0.